The van der Waals surface area contributed by atoms with Gasteiger partial charge in [0.1, 0.15) is 9.84 Å². The maximum absolute atomic E-state index is 11.0. The SMILES string of the molecule is CC[C@@H](O)CN(C)C(C)CS(C)(=O)=O. The van der Waals surface area contributed by atoms with Crippen LogP contribution in [0.4, 0.5) is 0 Å². The Hall–Kier alpha value is -0.130. The summed E-state index contributed by atoms with van der Waals surface area (Å²) in [5.74, 6) is 0.139. The van der Waals surface area contributed by atoms with Crippen molar-refractivity contribution in [3.05, 3.63) is 0 Å². The van der Waals surface area contributed by atoms with Gasteiger partial charge in [0.05, 0.1) is 11.9 Å². The summed E-state index contributed by atoms with van der Waals surface area (Å²) in [6.45, 7) is 4.27. The quantitative estimate of drug-likeness (QED) is 0.695. The minimum atomic E-state index is -2.93. The monoisotopic (exact) mass is 223 g/mol. The van der Waals surface area contributed by atoms with E-state index in [9.17, 15) is 13.5 Å². The maximum atomic E-state index is 11.0. The summed E-state index contributed by atoms with van der Waals surface area (Å²) >= 11 is 0. The second-order valence-corrected chi connectivity index (χ2v) is 6.13. The molecule has 0 aliphatic rings. The van der Waals surface area contributed by atoms with E-state index in [-0.39, 0.29) is 17.9 Å². The summed E-state index contributed by atoms with van der Waals surface area (Å²) in [5, 5.41) is 9.38. The first-order valence-electron chi connectivity index (χ1n) is 4.82. The number of hydrogen-bond donors (Lipinski definition) is 1. The van der Waals surface area contributed by atoms with E-state index in [0.717, 1.165) is 0 Å². The highest BCUT2D eigenvalue weighted by atomic mass is 32.2. The van der Waals surface area contributed by atoms with Crippen molar-refractivity contribution in [2.24, 2.45) is 0 Å². The minimum absolute atomic E-state index is 0.0498. The van der Waals surface area contributed by atoms with Crippen LogP contribution in [0.3, 0.4) is 0 Å². The predicted octanol–water partition coefficient (Wildman–Crippen LogP) is 0.122. The van der Waals surface area contributed by atoms with E-state index in [0.29, 0.717) is 13.0 Å². The fourth-order valence-corrected chi connectivity index (χ4v) is 2.34. The molecule has 0 spiro atoms. The Kier molecular flexibility index (Phi) is 5.63. The van der Waals surface area contributed by atoms with Crippen molar-refractivity contribution in [3.63, 3.8) is 0 Å². The topological polar surface area (TPSA) is 57.6 Å². The first-order chi connectivity index (χ1) is 6.26. The van der Waals surface area contributed by atoms with Crippen LogP contribution in [-0.4, -0.2) is 56.2 Å². The predicted molar refractivity (Wildman–Crippen MR) is 58.1 cm³/mol. The number of rotatable bonds is 6. The second-order valence-electron chi connectivity index (χ2n) is 3.94. The normalized spacial score (nSPS) is 17.0. The molecule has 0 heterocycles. The number of aliphatic hydroxyl groups is 1. The summed E-state index contributed by atoms with van der Waals surface area (Å²) in [6, 6.07) is -0.0498. The fraction of sp³-hybridized carbons (Fsp3) is 1.00. The zero-order valence-electron chi connectivity index (χ0n) is 9.40. The molecule has 0 amide bonds. The van der Waals surface area contributed by atoms with Crippen molar-refractivity contribution in [2.45, 2.75) is 32.4 Å². The van der Waals surface area contributed by atoms with E-state index >= 15 is 0 Å². The number of hydrogen-bond acceptors (Lipinski definition) is 4. The van der Waals surface area contributed by atoms with E-state index in [2.05, 4.69) is 0 Å². The second kappa shape index (κ2) is 5.68. The molecule has 0 aromatic rings. The van der Waals surface area contributed by atoms with Crippen molar-refractivity contribution in [1.29, 1.82) is 0 Å². The lowest BCUT2D eigenvalue weighted by atomic mass is 10.2. The maximum Gasteiger partial charge on any atom is 0.148 e. The molecule has 0 saturated carbocycles. The summed E-state index contributed by atoms with van der Waals surface area (Å²) < 4.78 is 22.0. The summed E-state index contributed by atoms with van der Waals surface area (Å²) in [5.41, 5.74) is 0. The summed E-state index contributed by atoms with van der Waals surface area (Å²) in [4.78, 5) is 1.87. The smallest absolute Gasteiger partial charge is 0.148 e. The van der Waals surface area contributed by atoms with Crippen molar-refractivity contribution in [1.82, 2.24) is 4.90 Å². The largest absolute Gasteiger partial charge is 0.392 e. The molecule has 5 heteroatoms. The van der Waals surface area contributed by atoms with Gasteiger partial charge in [-0.2, -0.15) is 0 Å². The molecule has 86 valence electrons. The molecule has 14 heavy (non-hydrogen) atoms. The molecule has 1 unspecified atom stereocenters. The fourth-order valence-electron chi connectivity index (χ4n) is 1.21. The summed E-state index contributed by atoms with van der Waals surface area (Å²) in [6.07, 6.45) is 1.55. The van der Waals surface area contributed by atoms with Crippen LogP contribution in [0.1, 0.15) is 20.3 Å². The third kappa shape index (κ3) is 6.34. The van der Waals surface area contributed by atoms with Gasteiger partial charge in [0.2, 0.25) is 0 Å². The van der Waals surface area contributed by atoms with Gasteiger partial charge in [-0.25, -0.2) is 8.42 Å². The Morgan fingerprint density at radius 2 is 1.93 bits per heavy atom. The Morgan fingerprint density at radius 3 is 2.29 bits per heavy atom. The first-order valence-corrected chi connectivity index (χ1v) is 6.88. The van der Waals surface area contributed by atoms with E-state index in [4.69, 9.17) is 0 Å². The van der Waals surface area contributed by atoms with Crippen LogP contribution in [0.15, 0.2) is 0 Å². The van der Waals surface area contributed by atoms with Gasteiger partial charge in [-0.15, -0.1) is 0 Å². The van der Waals surface area contributed by atoms with Gasteiger partial charge in [-0.1, -0.05) is 6.92 Å². The third-order valence-electron chi connectivity index (χ3n) is 2.27. The van der Waals surface area contributed by atoms with Crippen molar-refractivity contribution < 1.29 is 13.5 Å². The molecule has 0 aliphatic carbocycles. The molecule has 0 saturated heterocycles. The van der Waals surface area contributed by atoms with Gasteiger partial charge in [0.15, 0.2) is 0 Å². The highest BCUT2D eigenvalue weighted by molar-refractivity contribution is 7.90. The molecule has 0 aromatic heterocycles. The molecule has 0 aliphatic heterocycles. The van der Waals surface area contributed by atoms with Crippen LogP contribution < -0.4 is 0 Å². The third-order valence-corrected chi connectivity index (χ3v) is 3.35. The summed E-state index contributed by atoms with van der Waals surface area (Å²) in [7, 11) is -1.11. The van der Waals surface area contributed by atoms with Crippen LogP contribution >= 0.6 is 0 Å². The Labute approximate surface area is 86.8 Å². The van der Waals surface area contributed by atoms with Gasteiger partial charge >= 0.3 is 0 Å². The van der Waals surface area contributed by atoms with Crippen LogP contribution in [0.25, 0.3) is 0 Å². The molecule has 4 nitrogen and oxygen atoms in total. The molecule has 2 atom stereocenters. The van der Waals surface area contributed by atoms with E-state index in [1.54, 1.807) is 0 Å². The molecular formula is C9H21NO3S. The van der Waals surface area contributed by atoms with Gasteiger partial charge in [-0.05, 0) is 20.4 Å². The molecule has 0 aromatic carbocycles. The van der Waals surface area contributed by atoms with Crippen LogP contribution in [0.5, 0.6) is 0 Å². The standard InChI is InChI=1S/C9H21NO3S/c1-5-9(11)6-10(3)8(2)7-14(4,12)13/h8-9,11H,5-7H2,1-4H3/t8?,9-/m1/s1. The van der Waals surface area contributed by atoms with Gasteiger partial charge < -0.3 is 10.0 Å². The number of aliphatic hydroxyl groups excluding tert-OH is 1. The van der Waals surface area contributed by atoms with Crippen LogP contribution in [0.2, 0.25) is 0 Å². The van der Waals surface area contributed by atoms with Crippen molar-refractivity contribution in [2.75, 3.05) is 25.6 Å². The number of nitrogens with zero attached hydrogens (tertiary/aromatic N) is 1. The van der Waals surface area contributed by atoms with E-state index < -0.39 is 9.84 Å². The molecule has 0 rings (SSSR count). The zero-order valence-corrected chi connectivity index (χ0v) is 10.2. The molecular weight excluding hydrogens is 202 g/mol. The molecule has 0 fully saturated rings. The highest BCUT2D eigenvalue weighted by Gasteiger charge is 2.16. The Balaban J connectivity index is 4.06. The highest BCUT2D eigenvalue weighted by Crippen LogP contribution is 2.02. The van der Waals surface area contributed by atoms with E-state index in [1.165, 1.54) is 6.26 Å². The van der Waals surface area contributed by atoms with Gasteiger partial charge in [0.25, 0.3) is 0 Å². The Bertz CT molecular complexity index is 251. The lowest BCUT2D eigenvalue weighted by molar-refractivity contribution is 0.109. The lowest BCUT2D eigenvalue weighted by Gasteiger charge is -2.25. The first kappa shape index (κ1) is 13.9. The Morgan fingerprint density at radius 1 is 1.43 bits per heavy atom. The minimum Gasteiger partial charge on any atom is -0.392 e. The van der Waals surface area contributed by atoms with E-state index in [1.807, 2.05) is 25.8 Å². The van der Waals surface area contributed by atoms with Crippen molar-refractivity contribution in [3.8, 4) is 0 Å². The lowest BCUT2D eigenvalue weighted by Crippen LogP contribution is -2.39. The average Bonchev–Trinajstić information content (AvgIpc) is 2.00. The molecule has 0 radical (unpaired) electrons. The molecule has 1 N–H and O–H groups in total. The molecule has 0 bridgehead atoms. The zero-order chi connectivity index (χ0) is 11.4. The van der Waals surface area contributed by atoms with Gasteiger partial charge in [0, 0.05) is 18.8 Å². The number of likely N-dealkylation sites (N-methyl/N-ethyl adjacent to an activating group) is 1. The van der Waals surface area contributed by atoms with Gasteiger partial charge in [-0.3, -0.25) is 0 Å². The number of sulfone groups is 1. The van der Waals surface area contributed by atoms with Crippen molar-refractivity contribution >= 4 is 9.84 Å². The average molecular weight is 223 g/mol. The van der Waals surface area contributed by atoms with Crippen LogP contribution in [0, 0.1) is 0 Å². The van der Waals surface area contributed by atoms with Crippen LogP contribution in [-0.2, 0) is 9.84 Å².